The fourth-order valence-corrected chi connectivity index (χ4v) is 2.90. The molecule has 30 heavy (non-hydrogen) atoms. The van der Waals surface area contributed by atoms with Gasteiger partial charge in [-0.2, -0.15) is 5.10 Å². The van der Waals surface area contributed by atoms with Gasteiger partial charge in [-0.05, 0) is 30.3 Å². The van der Waals surface area contributed by atoms with Gasteiger partial charge in [0.1, 0.15) is 24.4 Å². The number of benzene rings is 1. The molecule has 0 saturated heterocycles. The van der Waals surface area contributed by atoms with Gasteiger partial charge in [-0.1, -0.05) is 24.3 Å². The van der Waals surface area contributed by atoms with Crippen LogP contribution in [-0.4, -0.2) is 35.6 Å². The van der Waals surface area contributed by atoms with E-state index in [2.05, 4.69) is 20.2 Å². The second-order valence-corrected chi connectivity index (χ2v) is 6.50. The van der Waals surface area contributed by atoms with E-state index in [0.29, 0.717) is 18.7 Å². The van der Waals surface area contributed by atoms with E-state index in [1.165, 1.54) is 6.33 Å². The number of nitrogens with one attached hydrogen (secondary N) is 1. The monoisotopic (exact) mass is 401 g/mol. The molecule has 3 aromatic heterocycles. The Morgan fingerprint density at radius 3 is 2.70 bits per heavy atom. The average Bonchev–Trinajstić information content (AvgIpc) is 3.44. The van der Waals surface area contributed by atoms with E-state index < -0.39 is 5.78 Å². The number of hydrogen-bond acceptors (Lipinski definition) is 6. The van der Waals surface area contributed by atoms with Gasteiger partial charge in [-0.25, -0.2) is 4.98 Å². The molecule has 0 aliphatic heterocycles. The third-order valence-corrected chi connectivity index (χ3v) is 4.39. The molecule has 0 amide bonds. The Balaban J connectivity index is 1.60. The molecule has 1 aromatic carbocycles. The summed E-state index contributed by atoms with van der Waals surface area (Å²) in [5, 5.41) is 16.6. The predicted molar refractivity (Wildman–Crippen MR) is 110 cm³/mol. The van der Waals surface area contributed by atoms with Crippen LogP contribution in [0.4, 0.5) is 0 Å². The molecule has 150 valence electrons. The molecule has 0 spiro atoms. The smallest absolute Gasteiger partial charge is 0.226 e. The normalized spacial score (nSPS) is 11.4. The summed E-state index contributed by atoms with van der Waals surface area (Å²) in [5.74, 6) is 0.161. The standard InChI is InChI=1S/C22H19N5O3/c28-20(11-21(29)22-24-15-25-26-22)16-10-18(14-30-19-7-2-1-3-8-19)27(12-16)13-17-6-4-5-9-23-17/h1-12,15,28H,13-14H2,(H,24,25,26). The Labute approximate surface area is 172 Å². The molecule has 0 aliphatic rings. The van der Waals surface area contributed by atoms with Crippen LogP contribution in [0.3, 0.4) is 0 Å². The summed E-state index contributed by atoms with van der Waals surface area (Å²) in [6.45, 7) is 0.790. The molecule has 4 rings (SSSR count). The van der Waals surface area contributed by atoms with Crippen molar-refractivity contribution in [3.63, 3.8) is 0 Å². The molecular formula is C22H19N5O3. The van der Waals surface area contributed by atoms with Crippen molar-refractivity contribution in [2.24, 2.45) is 0 Å². The molecule has 0 atom stereocenters. The van der Waals surface area contributed by atoms with Gasteiger partial charge in [0, 0.05) is 24.0 Å². The van der Waals surface area contributed by atoms with E-state index in [-0.39, 0.29) is 11.6 Å². The number of aromatic amines is 1. The first-order valence-electron chi connectivity index (χ1n) is 9.26. The Morgan fingerprint density at radius 1 is 1.13 bits per heavy atom. The number of carbonyl (C=O) groups is 1. The van der Waals surface area contributed by atoms with Gasteiger partial charge in [-0.15, -0.1) is 0 Å². The quantitative estimate of drug-likeness (QED) is 0.266. The molecule has 0 radical (unpaired) electrons. The van der Waals surface area contributed by atoms with E-state index in [1.807, 2.05) is 53.1 Å². The van der Waals surface area contributed by atoms with Crippen LogP contribution in [0, 0.1) is 0 Å². The van der Waals surface area contributed by atoms with Gasteiger partial charge in [0.15, 0.2) is 5.82 Å². The summed E-state index contributed by atoms with van der Waals surface area (Å²) in [6.07, 6.45) is 5.84. The third kappa shape index (κ3) is 4.61. The van der Waals surface area contributed by atoms with Crippen LogP contribution in [0.1, 0.15) is 27.6 Å². The van der Waals surface area contributed by atoms with E-state index in [1.54, 1.807) is 18.5 Å². The molecule has 0 unspecified atom stereocenters. The van der Waals surface area contributed by atoms with E-state index in [4.69, 9.17) is 4.74 Å². The van der Waals surface area contributed by atoms with Gasteiger partial charge in [-0.3, -0.25) is 14.9 Å². The average molecular weight is 401 g/mol. The molecule has 4 aromatic rings. The highest BCUT2D eigenvalue weighted by atomic mass is 16.5. The number of rotatable bonds is 8. The molecule has 0 saturated carbocycles. The molecule has 0 fully saturated rings. The number of pyridine rings is 1. The highest BCUT2D eigenvalue weighted by Gasteiger charge is 2.14. The minimum atomic E-state index is -0.468. The van der Waals surface area contributed by atoms with E-state index >= 15 is 0 Å². The predicted octanol–water partition coefficient (Wildman–Crippen LogP) is 3.41. The zero-order chi connectivity index (χ0) is 20.8. The summed E-state index contributed by atoms with van der Waals surface area (Å²) in [5.41, 5.74) is 2.18. The molecular weight excluding hydrogens is 382 g/mol. The number of aliphatic hydroxyl groups excluding tert-OH is 1. The van der Waals surface area contributed by atoms with Gasteiger partial charge in [0.25, 0.3) is 0 Å². The molecule has 2 N–H and O–H groups in total. The summed E-state index contributed by atoms with van der Waals surface area (Å²) in [4.78, 5) is 20.3. The maximum atomic E-state index is 12.2. The van der Waals surface area contributed by atoms with Crippen molar-refractivity contribution in [1.82, 2.24) is 24.7 Å². The Kier molecular flexibility index (Phi) is 5.66. The van der Waals surface area contributed by atoms with Crippen LogP contribution in [0.15, 0.2) is 79.4 Å². The lowest BCUT2D eigenvalue weighted by Crippen LogP contribution is -2.07. The fraction of sp³-hybridized carbons (Fsp3) is 0.0909. The molecule has 8 heteroatoms. The maximum absolute atomic E-state index is 12.2. The number of hydrogen-bond donors (Lipinski definition) is 2. The Morgan fingerprint density at radius 2 is 1.97 bits per heavy atom. The third-order valence-electron chi connectivity index (χ3n) is 4.39. The highest BCUT2D eigenvalue weighted by molar-refractivity contribution is 6.05. The lowest BCUT2D eigenvalue weighted by molar-refractivity contribution is 0.103. The molecule has 0 aliphatic carbocycles. The largest absolute Gasteiger partial charge is 0.507 e. The Hall–Kier alpha value is -4.20. The number of carbonyl (C=O) groups excluding carboxylic acids is 1. The summed E-state index contributed by atoms with van der Waals surface area (Å²) in [6, 6.07) is 16.9. The van der Waals surface area contributed by atoms with Crippen LogP contribution in [0.5, 0.6) is 5.75 Å². The van der Waals surface area contributed by atoms with Crippen molar-refractivity contribution in [3.05, 3.63) is 102 Å². The first kappa shape index (κ1) is 19.1. The van der Waals surface area contributed by atoms with E-state index in [9.17, 15) is 9.90 Å². The number of aromatic nitrogens is 5. The van der Waals surface area contributed by atoms with Gasteiger partial charge in [0.05, 0.1) is 17.9 Å². The lowest BCUT2D eigenvalue weighted by atomic mass is 10.2. The minimum absolute atomic E-state index is 0.0575. The van der Waals surface area contributed by atoms with Gasteiger partial charge < -0.3 is 14.4 Å². The van der Waals surface area contributed by atoms with Crippen LogP contribution in [0.25, 0.3) is 5.76 Å². The highest BCUT2D eigenvalue weighted by Crippen LogP contribution is 2.20. The number of aliphatic hydroxyl groups is 1. The number of para-hydroxylation sites is 1. The number of allylic oxidation sites excluding steroid dienone is 1. The Bertz CT molecular complexity index is 1140. The van der Waals surface area contributed by atoms with Crippen LogP contribution in [-0.2, 0) is 13.2 Å². The zero-order valence-electron chi connectivity index (χ0n) is 16.0. The number of ether oxygens (including phenoxy) is 1. The van der Waals surface area contributed by atoms with Gasteiger partial charge in [0.2, 0.25) is 5.78 Å². The molecule has 3 heterocycles. The lowest BCUT2D eigenvalue weighted by Gasteiger charge is -2.10. The van der Waals surface area contributed by atoms with Crippen molar-refractivity contribution in [2.45, 2.75) is 13.2 Å². The summed E-state index contributed by atoms with van der Waals surface area (Å²) < 4.78 is 7.81. The van der Waals surface area contributed by atoms with Crippen molar-refractivity contribution in [3.8, 4) is 5.75 Å². The second kappa shape index (κ2) is 8.87. The first-order chi connectivity index (χ1) is 14.7. The first-order valence-corrected chi connectivity index (χ1v) is 9.26. The molecule has 8 nitrogen and oxygen atoms in total. The van der Waals surface area contributed by atoms with Crippen molar-refractivity contribution in [2.75, 3.05) is 0 Å². The zero-order valence-corrected chi connectivity index (χ0v) is 16.0. The number of ketones is 1. The van der Waals surface area contributed by atoms with Crippen molar-refractivity contribution in [1.29, 1.82) is 0 Å². The topological polar surface area (TPSA) is 106 Å². The van der Waals surface area contributed by atoms with Gasteiger partial charge >= 0.3 is 0 Å². The van der Waals surface area contributed by atoms with Crippen molar-refractivity contribution >= 4 is 11.5 Å². The summed E-state index contributed by atoms with van der Waals surface area (Å²) >= 11 is 0. The van der Waals surface area contributed by atoms with Crippen LogP contribution < -0.4 is 4.74 Å². The maximum Gasteiger partial charge on any atom is 0.226 e. The molecule has 0 bridgehead atoms. The summed E-state index contributed by atoms with van der Waals surface area (Å²) in [7, 11) is 0. The van der Waals surface area contributed by atoms with Crippen molar-refractivity contribution < 1.29 is 14.6 Å². The van der Waals surface area contributed by atoms with Crippen LogP contribution in [0.2, 0.25) is 0 Å². The minimum Gasteiger partial charge on any atom is -0.507 e. The van der Waals surface area contributed by atoms with Crippen LogP contribution >= 0.6 is 0 Å². The fourth-order valence-electron chi connectivity index (χ4n) is 2.90. The number of H-pyrrole nitrogens is 1. The SMILES string of the molecule is O=C(C=C(O)c1cc(COc2ccccc2)n(Cc2ccccn2)c1)c1ncn[nH]1. The van der Waals surface area contributed by atoms with E-state index in [0.717, 1.165) is 23.2 Å². The second-order valence-electron chi connectivity index (χ2n) is 6.50. The number of nitrogens with zero attached hydrogens (tertiary/aromatic N) is 4.